The molecule has 2 heterocycles. The van der Waals surface area contributed by atoms with E-state index >= 15 is 0 Å². The smallest absolute Gasteiger partial charge is 0.356 e. The number of piperidine rings is 1. The standard InChI is InChI=1S/C14H21F3N4/c1-3-6-18-13-19-11(14(15,16)17)9-12(20-13)21-7-4-10(2)5-8-21/h9-10H,3-8H2,1-2H3,(H,18,19,20). The molecule has 0 bridgehead atoms. The third-order valence-electron chi connectivity index (χ3n) is 3.64. The molecule has 1 aromatic rings. The summed E-state index contributed by atoms with van der Waals surface area (Å²) in [5.74, 6) is 1.03. The van der Waals surface area contributed by atoms with Gasteiger partial charge in [-0.05, 0) is 25.2 Å². The van der Waals surface area contributed by atoms with E-state index in [1.165, 1.54) is 0 Å². The lowest BCUT2D eigenvalue weighted by atomic mass is 9.99. The van der Waals surface area contributed by atoms with Crippen LogP contribution >= 0.6 is 0 Å². The lowest BCUT2D eigenvalue weighted by Crippen LogP contribution is -2.34. The third kappa shape index (κ3) is 4.22. The van der Waals surface area contributed by atoms with E-state index in [4.69, 9.17) is 0 Å². The summed E-state index contributed by atoms with van der Waals surface area (Å²) in [6.45, 7) is 6.13. The molecule has 1 saturated heterocycles. The number of halogens is 3. The Morgan fingerprint density at radius 2 is 1.95 bits per heavy atom. The van der Waals surface area contributed by atoms with Crippen LogP contribution in [0.5, 0.6) is 0 Å². The minimum absolute atomic E-state index is 0.0558. The first-order valence-electron chi connectivity index (χ1n) is 7.35. The Bertz CT molecular complexity index is 468. The summed E-state index contributed by atoms with van der Waals surface area (Å²) in [5, 5.41) is 2.85. The van der Waals surface area contributed by atoms with Gasteiger partial charge in [-0.3, -0.25) is 0 Å². The van der Waals surface area contributed by atoms with Gasteiger partial charge in [0.25, 0.3) is 0 Å². The highest BCUT2D eigenvalue weighted by atomic mass is 19.4. The predicted molar refractivity (Wildman–Crippen MR) is 76.4 cm³/mol. The molecule has 1 N–H and O–H groups in total. The number of nitrogens with zero attached hydrogens (tertiary/aromatic N) is 3. The van der Waals surface area contributed by atoms with Gasteiger partial charge >= 0.3 is 6.18 Å². The highest BCUT2D eigenvalue weighted by Gasteiger charge is 2.34. The number of nitrogens with one attached hydrogen (secondary N) is 1. The van der Waals surface area contributed by atoms with Gasteiger partial charge in [-0.15, -0.1) is 0 Å². The molecule has 118 valence electrons. The van der Waals surface area contributed by atoms with Crippen molar-refractivity contribution in [3.8, 4) is 0 Å². The molecule has 0 unspecified atom stereocenters. The van der Waals surface area contributed by atoms with E-state index in [1.54, 1.807) is 0 Å². The Hall–Kier alpha value is -1.53. The van der Waals surface area contributed by atoms with Gasteiger partial charge in [-0.1, -0.05) is 13.8 Å². The fourth-order valence-corrected chi connectivity index (χ4v) is 2.30. The van der Waals surface area contributed by atoms with E-state index in [9.17, 15) is 13.2 Å². The molecule has 0 aromatic carbocycles. The van der Waals surface area contributed by atoms with Gasteiger partial charge in [-0.2, -0.15) is 18.2 Å². The minimum atomic E-state index is -4.45. The van der Waals surface area contributed by atoms with E-state index in [-0.39, 0.29) is 5.95 Å². The SMILES string of the molecule is CCCNc1nc(N2CCC(C)CC2)cc(C(F)(F)F)n1. The van der Waals surface area contributed by atoms with Crippen LogP contribution in [0.4, 0.5) is 24.9 Å². The van der Waals surface area contributed by atoms with E-state index in [0.29, 0.717) is 18.3 Å². The van der Waals surface area contributed by atoms with Crippen LogP contribution in [-0.2, 0) is 6.18 Å². The number of hydrogen-bond acceptors (Lipinski definition) is 4. The van der Waals surface area contributed by atoms with Crippen molar-refractivity contribution in [1.29, 1.82) is 0 Å². The van der Waals surface area contributed by atoms with Crippen molar-refractivity contribution < 1.29 is 13.2 Å². The van der Waals surface area contributed by atoms with Crippen LogP contribution in [0.1, 0.15) is 38.8 Å². The van der Waals surface area contributed by atoms with Crippen LogP contribution < -0.4 is 10.2 Å². The first-order chi connectivity index (χ1) is 9.90. The average Bonchev–Trinajstić information content (AvgIpc) is 2.44. The predicted octanol–water partition coefficient (Wildman–Crippen LogP) is 3.55. The van der Waals surface area contributed by atoms with Gasteiger partial charge in [-0.25, -0.2) is 4.98 Å². The van der Waals surface area contributed by atoms with Gasteiger partial charge in [0.15, 0.2) is 5.69 Å². The molecular formula is C14H21F3N4. The van der Waals surface area contributed by atoms with Crippen molar-refractivity contribution in [3.05, 3.63) is 11.8 Å². The molecule has 0 saturated carbocycles. The Morgan fingerprint density at radius 3 is 2.52 bits per heavy atom. The zero-order chi connectivity index (χ0) is 15.5. The first-order valence-corrected chi connectivity index (χ1v) is 7.35. The zero-order valence-electron chi connectivity index (χ0n) is 12.4. The summed E-state index contributed by atoms with van der Waals surface area (Å²) >= 11 is 0. The van der Waals surface area contributed by atoms with E-state index in [2.05, 4.69) is 22.2 Å². The quantitative estimate of drug-likeness (QED) is 0.923. The molecule has 21 heavy (non-hydrogen) atoms. The van der Waals surface area contributed by atoms with Crippen molar-refractivity contribution in [3.63, 3.8) is 0 Å². The van der Waals surface area contributed by atoms with Crippen LogP contribution in [0.3, 0.4) is 0 Å². The first kappa shape index (κ1) is 15.9. The second-order valence-corrected chi connectivity index (χ2v) is 5.53. The molecule has 7 heteroatoms. The summed E-state index contributed by atoms with van der Waals surface area (Å²) in [5.41, 5.74) is -0.885. The van der Waals surface area contributed by atoms with Crippen molar-refractivity contribution in [2.75, 3.05) is 29.9 Å². The molecule has 1 aliphatic rings. The number of anilines is 2. The van der Waals surface area contributed by atoms with Gasteiger partial charge in [0, 0.05) is 25.7 Å². The van der Waals surface area contributed by atoms with Crippen LogP contribution in [0.15, 0.2) is 6.07 Å². The van der Waals surface area contributed by atoms with Crippen LogP contribution in [0.25, 0.3) is 0 Å². The van der Waals surface area contributed by atoms with Gasteiger partial charge in [0.1, 0.15) is 5.82 Å². The highest BCUT2D eigenvalue weighted by Crippen LogP contribution is 2.31. The van der Waals surface area contributed by atoms with Gasteiger partial charge in [0.05, 0.1) is 0 Å². The molecule has 2 rings (SSSR count). The topological polar surface area (TPSA) is 41.1 Å². The monoisotopic (exact) mass is 302 g/mol. The van der Waals surface area contributed by atoms with Gasteiger partial charge in [0.2, 0.25) is 5.95 Å². The van der Waals surface area contributed by atoms with Crippen molar-refractivity contribution >= 4 is 11.8 Å². The molecule has 0 radical (unpaired) electrons. The number of alkyl halides is 3. The number of hydrogen-bond donors (Lipinski definition) is 1. The van der Waals surface area contributed by atoms with Crippen LogP contribution in [0.2, 0.25) is 0 Å². The van der Waals surface area contributed by atoms with Crippen LogP contribution in [0, 0.1) is 5.92 Å². The molecule has 0 amide bonds. The fraction of sp³-hybridized carbons (Fsp3) is 0.714. The van der Waals surface area contributed by atoms with Crippen molar-refractivity contribution in [2.24, 2.45) is 5.92 Å². The molecular weight excluding hydrogens is 281 g/mol. The summed E-state index contributed by atoms with van der Waals surface area (Å²) in [7, 11) is 0. The van der Waals surface area contributed by atoms with Gasteiger partial charge < -0.3 is 10.2 Å². The molecule has 4 nitrogen and oxygen atoms in total. The summed E-state index contributed by atoms with van der Waals surface area (Å²) in [6, 6.07) is 1.05. The molecule has 1 aromatic heterocycles. The number of rotatable bonds is 4. The molecule has 1 aliphatic heterocycles. The maximum absolute atomic E-state index is 13.0. The Labute approximate surface area is 122 Å². The summed E-state index contributed by atoms with van der Waals surface area (Å²) < 4.78 is 38.9. The normalized spacial score (nSPS) is 17.1. The Balaban J connectivity index is 2.26. The van der Waals surface area contributed by atoms with Crippen molar-refractivity contribution in [2.45, 2.75) is 39.3 Å². The maximum Gasteiger partial charge on any atom is 0.433 e. The summed E-state index contributed by atoms with van der Waals surface area (Å²) in [6.07, 6.45) is -1.70. The Morgan fingerprint density at radius 1 is 1.29 bits per heavy atom. The lowest BCUT2D eigenvalue weighted by Gasteiger charge is -2.31. The fourth-order valence-electron chi connectivity index (χ4n) is 2.30. The zero-order valence-corrected chi connectivity index (χ0v) is 12.4. The van der Waals surface area contributed by atoms with E-state index < -0.39 is 11.9 Å². The lowest BCUT2D eigenvalue weighted by molar-refractivity contribution is -0.141. The summed E-state index contributed by atoms with van der Waals surface area (Å²) in [4.78, 5) is 9.73. The van der Waals surface area contributed by atoms with E-state index in [1.807, 2.05) is 11.8 Å². The molecule has 1 fully saturated rings. The van der Waals surface area contributed by atoms with Crippen molar-refractivity contribution in [1.82, 2.24) is 9.97 Å². The Kier molecular flexibility index (Phi) is 4.90. The third-order valence-corrected chi connectivity index (χ3v) is 3.64. The second-order valence-electron chi connectivity index (χ2n) is 5.53. The molecule has 0 aliphatic carbocycles. The maximum atomic E-state index is 13.0. The molecule has 0 atom stereocenters. The average molecular weight is 302 g/mol. The van der Waals surface area contributed by atoms with Crippen LogP contribution in [-0.4, -0.2) is 29.6 Å². The largest absolute Gasteiger partial charge is 0.433 e. The minimum Gasteiger partial charge on any atom is -0.356 e. The number of aromatic nitrogens is 2. The molecule has 0 spiro atoms. The van der Waals surface area contributed by atoms with E-state index in [0.717, 1.165) is 38.4 Å². The second kappa shape index (κ2) is 6.49. The highest BCUT2D eigenvalue weighted by molar-refractivity contribution is 5.46.